The minimum Gasteiger partial charge on any atom is -0.311 e. The highest BCUT2D eigenvalue weighted by molar-refractivity contribution is 9.10. The van der Waals surface area contributed by atoms with Gasteiger partial charge < -0.3 is 5.32 Å². The first-order valence-corrected chi connectivity index (χ1v) is 7.85. The molecule has 1 aromatic carbocycles. The Kier molecular flexibility index (Phi) is 5.79. The van der Waals surface area contributed by atoms with Crippen molar-refractivity contribution in [2.75, 3.05) is 19.6 Å². The standard InChI is InChI=1S/C15H22BrFN2/c1-12(19-7-3-2-4-8-19)10-18-11-13-5-6-15(17)14(16)9-13/h5-6,9,12,18H,2-4,7-8,10-11H2,1H3. The fourth-order valence-corrected chi connectivity index (χ4v) is 2.99. The third-order valence-electron chi connectivity index (χ3n) is 3.77. The predicted molar refractivity (Wildman–Crippen MR) is 80.7 cm³/mol. The highest BCUT2D eigenvalue weighted by Gasteiger charge is 2.15. The molecule has 1 N–H and O–H groups in total. The molecule has 19 heavy (non-hydrogen) atoms. The number of halogens is 2. The molecular formula is C15H22BrFN2. The maximum Gasteiger partial charge on any atom is 0.137 e. The van der Waals surface area contributed by atoms with E-state index in [-0.39, 0.29) is 5.82 Å². The summed E-state index contributed by atoms with van der Waals surface area (Å²) in [4.78, 5) is 2.55. The Labute approximate surface area is 123 Å². The maximum atomic E-state index is 13.1. The van der Waals surface area contributed by atoms with Gasteiger partial charge in [-0.05, 0) is 66.5 Å². The van der Waals surface area contributed by atoms with E-state index in [2.05, 4.69) is 33.1 Å². The maximum absolute atomic E-state index is 13.1. The van der Waals surface area contributed by atoms with Gasteiger partial charge in [-0.25, -0.2) is 4.39 Å². The van der Waals surface area contributed by atoms with Crippen LogP contribution in [0.1, 0.15) is 31.7 Å². The van der Waals surface area contributed by atoms with Crippen LogP contribution in [0.25, 0.3) is 0 Å². The van der Waals surface area contributed by atoms with E-state index in [0.717, 1.165) is 18.7 Å². The molecule has 1 aliphatic rings. The van der Waals surface area contributed by atoms with E-state index in [9.17, 15) is 4.39 Å². The molecule has 1 unspecified atom stereocenters. The van der Waals surface area contributed by atoms with Gasteiger partial charge in [-0.1, -0.05) is 12.5 Å². The quantitative estimate of drug-likeness (QED) is 0.889. The molecule has 2 nitrogen and oxygen atoms in total. The number of hydrogen-bond donors (Lipinski definition) is 1. The molecule has 106 valence electrons. The largest absolute Gasteiger partial charge is 0.311 e. The van der Waals surface area contributed by atoms with E-state index in [0.29, 0.717) is 10.5 Å². The first kappa shape index (κ1) is 14.9. The van der Waals surface area contributed by atoms with Crippen LogP contribution in [0.5, 0.6) is 0 Å². The Hall–Kier alpha value is -0.450. The molecule has 0 saturated carbocycles. The van der Waals surface area contributed by atoms with E-state index in [4.69, 9.17) is 0 Å². The van der Waals surface area contributed by atoms with Crippen LogP contribution in [0.4, 0.5) is 4.39 Å². The summed E-state index contributed by atoms with van der Waals surface area (Å²) >= 11 is 3.22. The van der Waals surface area contributed by atoms with Crippen molar-refractivity contribution in [3.8, 4) is 0 Å². The third kappa shape index (κ3) is 4.55. The van der Waals surface area contributed by atoms with Gasteiger partial charge in [0.05, 0.1) is 4.47 Å². The van der Waals surface area contributed by atoms with Crippen LogP contribution in [-0.4, -0.2) is 30.6 Å². The van der Waals surface area contributed by atoms with Crippen molar-refractivity contribution < 1.29 is 4.39 Å². The van der Waals surface area contributed by atoms with E-state index in [1.807, 2.05) is 12.1 Å². The third-order valence-corrected chi connectivity index (χ3v) is 4.37. The second-order valence-corrected chi connectivity index (χ2v) is 6.18. The first-order chi connectivity index (χ1) is 9.16. The van der Waals surface area contributed by atoms with Crippen molar-refractivity contribution in [3.05, 3.63) is 34.1 Å². The smallest absolute Gasteiger partial charge is 0.137 e. The van der Waals surface area contributed by atoms with Crippen LogP contribution in [0, 0.1) is 5.82 Å². The fraction of sp³-hybridized carbons (Fsp3) is 0.600. The minimum atomic E-state index is -0.203. The molecule has 1 heterocycles. The predicted octanol–water partition coefficient (Wildman–Crippen LogP) is 3.55. The Morgan fingerprint density at radius 1 is 1.32 bits per heavy atom. The number of benzene rings is 1. The molecule has 0 radical (unpaired) electrons. The zero-order chi connectivity index (χ0) is 13.7. The SMILES string of the molecule is CC(CNCc1ccc(F)c(Br)c1)N1CCCCC1. The second-order valence-electron chi connectivity index (χ2n) is 5.33. The topological polar surface area (TPSA) is 15.3 Å². The number of nitrogens with one attached hydrogen (secondary N) is 1. The van der Waals surface area contributed by atoms with Gasteiger partial charge >= 0.3 is 0 Å². The van der Waals surface area contributed by atoms with Gasteiger partial charge in [0, 0.05) is 19.1 Å². The Bertz CT molecular complexity index is 405. The lowest BCUT2D eigenvalue weighted by atomic mass is 10.1. The molecular weight excluding hydrogens is 307 g/mol. The van der Waals surface area contributed by atoms with E-state index in [1.54, 1.807) is 0 Å². The van der Waals surface area contributed by atoms with Crippen molar-refractivity contribution in [2.45, 2.75) is 38.8 Å². The van der Waals surface area contributed by atoms with E-state index < -0.39 is 0 Å². The summed E-state index contributed by atoms with van der Waals surface area (Å²) in [6.07, 6.45) is 4.03. The van der Waals surface area contributed by atoms with Gasteiger partial charge in [0.25, 0.3) is 0 Å². The van der Waals surface area contributed by atoms with Gasteiger partial charge in [0.15, 0.2) is 0 Å². The summed E-state index contributed by atoms with van der Waals surface area (Å²) in [6.45, 7) is 6.50. The minimum absolute atomic E-state index is 0.203. The van der Waals surface area contributed by atoms with Crippen molar-refractivity contribution in [1.29, 1.82) is 0 Å². The molecule has 1 aromatic rings. The summed E-state index contributed by atoms with van der Waals surface area (Å²) in [5.41, 5.74) is 1.11. The molecule has 1 saturated heterocycles. The first-order valence-electron chi connectivity index (χ1n) is 7.05. The number of piperidine rings is 1. The summed E-state index contributed by atoms with van der Waals surface area (Å²) in [5.74, 6) is -0.203. The lowest BCUT2D eigenvalue weighted by molar-refractivity contribution is 0.170. The van der Waals surface area contributed by atoms with Gasteiger partial charge in [-0.3, -0.25) is 4.90 Å². The van der Waals surface area contributed by atoms with Crippen molar-refractivity contribution in [2.24, 2.45) is 0 Å². The average molecular weight is 329 g/mol. The molecule has 4 heteroatoms. The lowest BCUT2D eigenvalue weighted by Crippen LogP contribution is -2.42. The number of rotatable bonds is 5. The zero-order valence-electron chi connectivity index (χ0n) is 11.5. The molecule has 0 amide bonds. The Morgan fingerprint density at radius 2 is 2.05 bits per heavy atom. The Balaban J connectivity index is 1.74. The number of likely N-dealkylation sites (tertiary alicyclic amines) is 1. The Morgan fingerprint density at radius 3 is 2.74 bits per heavy atom. The lowest BCUT2D eigenvalue weighted by Gasteiger charge is -2.32. The normalized spacial score (nSPS) is 18.5. The van der Waals surface area contributed by atoms with Crippen LogP contribution in [-0.2, 0) is 6.54 Å². The second kappa shape index (κ2) is 7.36. The van der Waals surface area contributed by atoms with Crippen molar-refractivity contribution in [1.82, 2.24) is 10.2 Å². The van der Waals surface area contributed by atoms with Gasteiger partial charge in [-0.15, -0.1) is 0 Å². The highest BCUT2D eigenvalue weighted by Crippen LogP contribution is 2.17. The molecule has 0 spiro atoms. The van der Waals surface area contributed by atoms with Crippen LogP contribution >= 0.6 is 15.9 Å². The van der Waals surface area contributed by atoms with Gasteiger partial charge in [-0.2, -0.15) is 0 Å². The molecule has 0 aliphatic carbocycles. The monoisotopic (exact) mass is 328 g/mol. The molecule has 0 bridgehead atoms. The summed E-state index contributed by atoms with van der Waals surface area (Å²) < 4.78 is 13.7. The average Bonchev–Trinajstić information content (AvgIpc) is 2.43. The van der Waals surface area contributed by atoms with Gasteiger partial charge in [0.1, 0.15) is 5.82 Å². The highest BCUT2D eigenvalue weighted by atomic mass is 79.9. The molecule has 1 aliphatic heterocycles. The summed E-state index contributed by atoms with van der Waals surface area (Å²) in [6, 6.07) is 5.76. The van der Waals surface area contributed by atoms with Gasteiger partial charge in [0.2, 0.25) is 0 Å². The van der Waals surface area contributed by atoms with Crippen LogP contribution in [0.3, 0.4) is 0 Å². The van der Waals surface area contributed by atoms with Crippen molar-refractivity contribution >= 4 is 15.9 Å². The molecule has 0 aromatic heterocycles. The van der Waals surface area contributed by atoms with E-state index >= 15 is 0 Å². The number of hydrogen-bond acceptors (Lipinski definition) is 2. The number of nitrogens with zero attached hydrogens (tertiary/aromatic N) is 1. The van der Waals surface area contributed by atoms with Crippen LogP contribution in [0.2, 0.25) is 0 Å². The van der Waals surface area contributed by atoms with E-state index in [1.165, 1.54) is 38.4 Å². The van der Waals surface area contributed by atoms with Crippen molar-refractivity contribution in [3.63, 3.8) is 0 Å². The summed E-state index contributed by atoms with van der Waals surface area (Å²) in [5, 5.41) is 3.46. The zero-order valence-corrected chi connectivity index (χ0v) is 13.0. The fourth-order valence-electron chi connectivity index (χ4n) is 2.56. The molecule has 2 rings (SSSR count). The molecule has 1 fully saturated rings. The van der Waals surface area contributed by atoms with Crippen LogP contribution < -0.4 is 5.32 Å². The van der Waals surface area contributed by atoms with Crippen LogP contribution in [0.15, 0.2) is 22.7 Å². The molecule has 1 atom stereocenters. The summed E-state index contributed by atoms with van der Waals surface area (Å²) in [7, 11) is 0.